The summed E-state index contributed by atoms with van der Waals surface area (Å²) in [6.07, 6.45) is 0.645. The maximum atomic E-state index is 9.42. The van der Waals surface area contributed by atoms with Gasteiger partial charge < -0.3 is 15.6 Å². The third-order valence-corrected chi connectivity index (χ3v) is 1.58. The molecule has 1 heterocycles. The van der Waals surface area contributed by atoms with Crippen molar-refractivity contribution in [3.05, 3.63) is 18.1 Å². The van der Waals surface area contributed by atoms with Gasteiger partial charge in [-0.1, -0.05) is 0 Å². The maximum absolute atomic E-state index is 9.42. The highest BCUT2D eigenvalue weighted by molar-refractivity contribution is 5.15. The summed E-state index contributed by atoms with van der Waals surface area (Å²) < 4.78 is 5.35. The van der Waals surface area contributed by atoms with Crippen LogP contribution in [-0.4, -0.2) is 27.7 Å². The quantitative estimate of drug-likeness (QED) is 0.723. The van der Waals surface area contributed by atoms with Crippen LogP contribution in [0.1, 0.15) is 25.6 Å². The van der Waals surface area contributed by atoms with Crippen LogP contribution in [0.25, 0.3) is 0 Å². The van der Waals surface area contributed by atoms with E-state index in [1.165, 1.54) is 6.33 Å². The van der Waals surface area contributed by atoms with Crippen LogP contribution in [0.4, 0.5) is 0 Å². The Balaban J connectivity index is 2.78. The number of ether oxygens (including phenoxy) is 1. The molecule has 0 bridgehead atoms. The van der Waals surface area contributed by atoms with E-state index in [1.54, 1.807) is 6.07 Å². The van der Waals surface area contributed by atoms with Gasteiger partial charge in [-0.2, -0.15) is 0 Å². The number of rotatable bonds is 4. The molecule has 1 rings (SSSR count). The first-order chi connectivity index (χ1) is 6.63. The zero-order valence-corrected chi connectivity index (χ0v) is 8.34. The van der Waals surface area contributed by atoms with Gasteiger partial charge in [-0.15, -0.1) is 0 Å². The smallest absolute Gasteiger partial charge is 0.216 e. The van der Waals surface area contributed by atoms with Crippen LogP contribution in [0.3, 0.4) is 0 Å². The van der Waals surface area contributed by atoms with Gasteiger partial charge in [0.1, 0.15) is 12.4 Å². The van der Waals surface area contributed by atoms with Gasteiger partial charge in [0.2, 0.25) is 5.88 Å². The highest BCUT2D eigenvalue weighted by Crippen LogP contribution is 2.14. The Morgan fingerprint density at radius 3 is 2.79 bits per heavy atom. The lowest BCUT2D eigenvalue weighted by atomic mass is 10.2. The molecule has 0 aromatic carbocycles. The molecule has 0 amide bonds. The predicted octanol–water partition coefficient (Wildman–Crippen LogP) is 0.256. The summed E-state index contributed by atoms with van der Waals surface area (Å²) in [5.74, 6) is 0.456. The van der Waals surface area contributed by atoms with E-state index >= 15 is 0 Å². The van der Waals surface area contributed by atoms with Gasteiger partial charge in [0.05, 0.1) is 11.8 Å². The lowest BCUT2D eigenvalue weighted by molar-refractivity contribution is 0.179. The number of hydrogen-bond acceptors (Lipinski definition) is 5. The van der Waals surface area contributed by atoms with E-state index in [-0.39, 0.29) is 12.6 Å². The topological polar surface area (TPSA) is 81.3 Å². The van der Waals surface area contributed by atoms with Crippen molar-refractivity contribution in [1.29, 1.82) is 0 Å². The Morgan fingerprint density at radius 1 is 1.50 bits per heavy atom. The summed E-state index contributed by atoms with van der Waals surface area (Å²) >= 11 is 0. The molecule has 0 spiro atoms. The monoisotopic (exact) mass is 197 g/mol. The minimum Gasteiger partial charge on any atom is -0.475 e. The first-order valence-corrected chi connectivity index (χ1v) is 4.50. The van der Waals surface area contributed by atoms with Gasteiger partial charge in [-0.05, 0) is 13.8 Å². The van der Waals surface area contributed by atoms with Crippen LogP contribution in [0.15, 0.2) is 12.4 Å². The van der Waals surface area contributed by atoms with Crippen LogP contribution in [-0.2, 0) is 0 Å². The zero-order chi connectivity index (χ0) is 10.6. The number of nitrogens with two attached hydrogens (primary N) is 1. The average molecular weight is 197 g/mol. The summed E-state index contributed by atoms with van der Waals surface area (Å²) in [7, 11) is 0. The molecule has 5 heteroatoms. The van der Waals surface area contributed by atoms with Crippen molar-refractivity contribution >= 4 is 0 Å². The molecular weight excluding hydrogens is 182 g/mol. The first-order valence-electron chi connectivity index (χ1n) is 4.50. The second kappa shape index (κ2) is 4.88. The fourth-order valence-electron chi connectivity index (χ4n) is 0.962. The van der Waals surface area contributed by atoms with E-state index in [0.29, 0.717) is 11.6 Å². The molecular formula is C9H15N3O2. The van der Waals surface area contributed by atoms with E-state index in [2.05, 4.69) is 9.97 Å². The van der Waals surface area contributed by atoms with Crippen molar-refractivity contribution < 1.29 is 9.84 Å². The predicted molar refractivity (Wildman–Crippen MR) is 51.8 cm³/mol. The molecule has 0 saturated heterocycles. The lowest BCUT2D eigenvalue weighted by Crippen LogP contribution is -2.14. The third-order valence-electron chi connectivity index (χ3n) is 1.58. The van der Waals surface area contributed by atoms with Crippen molar-refractivity contribution in [2.45, 2.75) is 26.1 Å². The molecule has 0 aliphatic rings. The van der Waals surface area contributed by atoms with E-state index in [4.69, 9.17) is 10.5 Å². The molecule has 14 heavy (non-hydrogen) atoms. The Bertz CT molecular complexity index is 291. The van der Waals surface area contributed by atoms with Crippen LogP contribution < -0.4 is 10.5 Å². The summed E-state index contributed by atoms with van der Waals surface area (Å²) in [6, 6.07) is 1.59. The fourth-order valence-corrected chi connectivity index (χ4v) is 0.962. The molecule has 0 aliphatic carbocycles. The number of hydrogen-bond donors (Lipinski definition) is 2. The molecule has 78 valence electrons. The number of nitrogens with zero attached hydrogens (tertiary/aromatic N) is 2. The lowest BCUT2D eigenvalue weighted by Gasteiger charge is -2.11. The molecule has 0 saturated carbocycles. The molecule has 0 radical (unpaired) electrons. The van der Waals surface area contributed by atoms with Gasteiger partial charge >= 0.3 is 0 Å². The van der Waals surface area contributed by atoms with Crippen LogP contribution >= 0.6 is 0 Å². The van der Waals surface area contributed by atoms with E-state index < -0.39 is 6.10 Å². The third kappa shape index (κ3) is 2.93. The zero-order valence-electron chi connectivity index (χ0n) is 8.34. The van der Waals surface area contributed by atoms with Gasteiger partial charge in [-0.3, -0.25) is 0 Å². The van der Waals surface area contributed by atoms with Crippen LogP contribution in [0.2, 0.25) is 0 Å². The minimum absolute atomic E-state index is 0.0489. The number of aliphatic hydroxyl groups is 1. The Hall–Kier alpha value is -1.20. The molecule has 1 unspecified atom stereocenters. The highest BCUT2D eigenvalue weighted by Gasteiger charge is 2.08. The number of aromatic nitrogens is 2. The molecule has 0 fully saturated rings. The van der Waals surface area contributed by atoms with E-state index in [9.17, 15) is 5.11 Å². The molecule has 5 nitrogen and oxygen atoms in total. The second-order valence-corrected chi connectivity index (χ2v) is 3.20. The molecule has 0 aliphatic heterocycles. The largest absolute Gasteiger partial charge is 0.475 e. The SMILES string of the molecule is CC(C)Oc1cc(C(O)CN)ncn1. The van der Waals surface area contributed by atoms with Crippen LogP contribution in [0, 0.1) is 0 Å². The van der Waals surface area contributed by atoms with Crippen molar-refractivity contribution in [3.63, 3.8) is 0 Å². The Labute approximate surface area is 82.9 Å². The van der Waals surface area contributed by atoms with Gasteiger partial charge in [-0.25, -0.2) is 9.97 Å². The summed E-state index contributed by atoms with van der Waals surface area (Å²) in [5.41, 5.74) is 5.79. The first kappa shape index (κ1) is 10.9. The van der Waals surface area contributed by atoms with Gasteiger partial charge in [0.15, 0.2) is 0 Å². The Morgan fingerprint density at radius 2 is 2.21 bits per heavy atom. The van der Waals surface area contributed by atoms with Crippen molar-refractivity contribution in [2.75, 3.05) is 6.54 Å². The summed E-state index contributed by atoms with van der Waals surface area (Å²) in [5, 5.41) is 9.42. The van der Waals surface area contributed by atoms with Gasteiger partial charge in [0, 0.05) is 12.6 Å². The maximum Gasteiger partial charge on any atom is 0.216 e. The van der Waals surface area contributed by atoms with E-state index in [0.717, 1.165) is 0 Å². The van der Waals surface area contributed by atoms with Gasteiger partial charge in [0.25, 0.3) is 0 Å². The van der Waals surface area contributed by atoms with Crippen LogP contribution in [0.5, 0.6) is 5.88 Å². The Kier molecular flexibility index (Phi) is 3.79. The number of aliphatic hydroxyl groups excluding tert-OH is 1. The normalized spacial score (nSPS) is 12.9. The molecule has 1 aromatic rings. The fraction of sp³-hybridized carbons (Fsp3) is 0.556. The summed E-state index contributed by atoms with van der Waals surface area (Å²) in [4.78, 5) is 7.81. The minimum atomic E-state index is -0.757. The van der Waals surface area contributed by atoms with Crippen molar-refractivity contribution in [2.24, 2.45) is 5.73 Å². The standard InChI is InChI=1S/C9H15N3O2/c1-6(2)14-9-3-7(8(13)4-10)11-5-12-9/h3,5-6,8,13H,4,10H2,1-2H3. The summed E-state index contributed by atoms with van der Waals surface area (Å²) in [6.45, 7) is 3.94. The average Bonchev–Trinajstić information content (AvgIpc) is 2.16. The van der Waals surface area contributed by atoms with Crippen molar-refractivity contribution in [1.82, 2.24) is 9.97 Å². The second-order valence-electron chi connectivity index (χ2n) is 3.20. The van der Waals surface area contributed by atoms with Crippen molar-refractivity contribution in [3.8, 4) is 5.88 Å². The molecule has 1 aromatic heterocycles. The molecule has 3 N–H and O–H groups in total. The molecule has 1 atom stereocenters. The highest BCUT2D eigenvalue weighted by atomic mass is 16.5. The van der Waals surface area contributed by atoms with E-state index in [1.807, 2.05) is 13.8 Å².